The van der Waals surface area contributed by atoms with Crippen LogP contribution in [0.5, 0.6) is 0 Å². The number of hydrogen-bond donors (Lipinski definition) is 1. The number of rotatable bonds is 8. The van der Waals surface area contributed by atoms with Crippen molar-refractivity contribution in [2.24, 2.45) is 4.99 Å². The molecule has 138 valence electrons. The first-order chi connectivity index (χ1) is 10.9. The minimum atomic E-state index is 0. The summed E-state index contributed by atoms with van der Waals surface area (Å²) in [6.45, 7) is 9.58. The van der Waals surface area contributed by atoms with Gasteiger partial charge in [0.15, 0.2) is 5.96 Å². The molecule has 0 bridgehead atoms. The van der Waals surface area contributed by atoms with Gasteiger partial charge in [-0.2, -0.15) is 0 Å². The van der Waals surface area contributed by atoms with Gasteiger partial charge >= 0.3 is 0 Å². The molecule has 24 heavy (non-hydrogen) atoms. The highest BCUT2D eigenvalue weighted by molar-refractivity contribution is 14.0. The van der Waals surface area contributed by atoms with Crippen LogP contribution < -0.4 is 5.32 Å². The van der Waals surface area contributed by atoms with Crippen molar-refractivity contribution in [1.29, 1.82) is 0 Å². The first-order valence-electron chi connectivity index (χ1n) is 8.61. The molecule has 0 aliphatic carbocycles. The third kappa shape index (κ3) is 8.87. The molecule has 0 saturated carbocycles. The fourth-order valence-electron chi connectivity index (χ4n) is 2.37. The Hall–Kier alpha value is -0.820. The topological polar surface area (TPSA) is 30.9 Å². The van der Waals surface area contributed by atoms with Crippen LogP contribution in [0.1, 0.15) is 37.8 Å². The fourth-order valence-corrected chi connectivity index (χ4v) is 2.37. The van der Waals surface area contributed by atoms with E-state index in [0.29, 0.717) is 6.04 Å². The number of nitrogens with zero attached hydrogens (tertiary/aromatic N) is 3. The molecule has 0 fully saturated rings. The summed E-state index contributed by atoms with van der Waals surface area (Å²) in [6, 6.07) is 9.30. The predicted octanol–water partition coefficient (Wildman–Crippen LogP) is 3.74. The standard InChI is InChI=1S/C19H34N4.HI/c1-16(2)22(5)14-8-7-13-21-19(20-4)23(6)15-18-11-9-17(3)10-12-18;/h9-12,16H,7-8,13-15H2,1-6H3,(H,20,21);1H. The van der Waals surface area contributed by atoms with Gasteiger partial charge in [0.25, 0.3) is 0 Å². The van der Waals surface area contributed by atoms with E-state index in [2.05, 4.69) is 79.2 Å². The summed E-state index contributed by atoms with van der Waals surface area (Å²) in [4.78, 5) is 8.94. The van der Waals surface area contributed by atoms with Gasteiger partial charge in [0.2, 0.25) is 0 Å². The van der Waals surface area contributed by atoms with Gasteiger partial charge in [-0.05, 0) is 52.8 Å². The summed E-state index contributed by atoms with van der Waals surface area (Å²) in [5.74, 6) is 0.961. The molecule has 0 amide bonds. The van der Waals surface area contributed by atoms with Gasteiger partial charge in [-0.15, -0.1) is 24.0 Å². The Balaban J connectivity index is 0.00000529. The number of aryl methyl sites for hydroxylation is 1. The molecule has 1 aromatic rings. The molecule has 0 radical (unpaired) electrons. The van der Waals surface area contributed by atoms with Gasteiger partial charge in [0.1, 0.15) is 0 Å². The molecule has 0 atom stereocenters. The van der Waals surface area contributed by atoms with Crippen LogP contribution >= 0.6 is 24.0 Å². The minimum Gasteiger partial charge on any atom is -0.356 e. The summed E-state index contributed by atoms with van der Waals surface area (Å²) >= 11 is 0. The Morgan fingerprint density at radius 3 is 2.29 bits per heavy atom. The fraction of sp³-hybridized carbons (Fsp3) is 0.632. The van der Waals surface area contributed by atoms with Crippen LogP contribution in [0.3, 0.4) is 0 Å². The van der Waals surface area contributed by atoms with Gasteiger partial charge in [0.05, 0.1) is 0 Å². The van der Waals surface area contributed by atoms with E-state index in [1.54, 1.807) is 0 Å². The summed E-state index contributed by atoms with van der Waals surface area (Å²) in [5.41, 5.74) is 2.60. The average Bonchev–Trinajstić information content (AvgIpc) is 2.52. The first kappa shape index (κ1) is 23.2. The summed E-state index contributed by atoms with van der Waals surface area (Å²) < 4.78 is 0. The van der Waals surface area contributed by atoms with Crippen LogP contribution in [0, 0.1) is 6.92 Å². The van der Waals surface area contributed by atoms with Gasteiger partial charge in [-0.1, -0.05) is 29.8 Å². The van der Waals surface area contributed by atoms with Crippen LogP contribution in [0.2, 0.25) is 0 Å². The Labute approximate surface area is 165 Å². The van der Waals surface area contributed by atoms with E-state index in [0.717, 1.165) is 32.0 Å². The highest BCUT2D eigenvalue weighted by Gasteiger charge is 2.06. The van der Waals surface area contributed by atoms with E-state index in [9.17, 15) is 0 Å². The van der Waals surface area contributed by atoms with Gasteiger partial charge in [0, 0.05) is 33.2 Å². The molecule has 0 spiro atoms. The molecule has 0 aromatic heterocycles. The minimum absolute atomic E-state index is 0. The normalized spacial score (nSPS) is 11.6. The molecule has 0 aliphatic heterocycles. The molecule has 0 unspecified atom stereocenters. The molecule has 0 saturated heterocycles. The molecule has 0 aliphatic rings. The van der Waals surface area contributed by atoms with Crippen molar-refractivity contribution < 1.29 is 0 Å². The summed E-state index contributed by atoms with van der Waals surface area (Å²) in [5, 5.41) is 3.46. The van der Waals surface area contributed by atoms with Crippen LogP contribution in [0.15, 0.2) is 29.3 Å². The van der Waals surface area contributed by atoms with Crippen molar-refractivity contribution in [1.82, 2.24) is 15.1 Å². The smallest absolute Gasteiger partial charge is 0.193 e. The SMILES string of the molecule is CN=C(NCCCCN(C)C(C)C)N(C)Cc1ccc(C)cc1.I. The molecule has 4 nitrogen and oxygen atoms in total. The van der Waals surface area contributed by atoms with E-state index < -0.39 is 0 Å². The zero-order valence-electron chi connectivity index (χ0n) is 16.2. The van der Waals surface area contributed by atoms with Crippen LogP contribution in [-0.2, 0) is 6.54 Å². The molecule has 1 aromatic carbocycles. The van der Waals surface area contributed by atoms with Crippen molar-refractivity contribution in [2.45, 2.75) is 46.2 Å². The largest absolute Gasteiger partial charge is 0.356 e. The van der Waals surface area contributed by atoms with E-state index in [4.69, 9.17) is 0 Å². The second-order valence-corrected chi connectivity index (χ2v) is 6.60. The summed E-state index contributed by atoms with van der Waals surface area (Å²) in [7, 11) is 6.12. The number of unbranched alkanes of at least 4 members (excludes halogenated alkanes) is 1. The summed E-state index contributed by atoms with van der Waals surface area (Å²) in [6.07, 6.45) is 2.37. The highest BCUT2D eigenvalue weighted by Crippen LogP contribution is 2.06. The van der Waals surface area contributed by atoms with Crippen LogP contribution in [-0.4, -0.2) is 56.0 Å². The predicted molar refractivity (Wildman–Crippen MR) is 116 cm³/mol. The lowest BCUT2D eigenvalue weighted by molar-refractivity contribution is 0.268. The van der Waals surface area contributed by atoms with E-state index in [1.165, 1.54) is 17.5 Å². The molecule has 1 N–H and O–H groups in total. The zero-order chi connectivity index (χ0) is 17.2. The first-order valence-corrected chi connectivity index (χ1v) is 8.61. The van der Waals surface area contributed by atoms with Crippen molar-refractivity contribution in [3.05, 3.63) is 35.4 Å². The van der Waals surface area contributed by atoms with Gasteiger partial charge < -0.3 is 15.1 Å². The Kier molecular flexibility index (Phi) is 12.1. The van der Waals surface area contributed by atoms with Crippen molar-refractivity contribution in [3.63, 3.8) is 0 Å². The lowest BCUT2D eigenvalue weighted by Gasteiger charge is -2.23. The lowest BCUT2D eigenvalue weighted by Crippen LogP contribution is -2.39. The number of nitrogens with one attached hydrogen (secondary N) is 1. The monoisotopic (exact) mass is 446 g/mol. The Morgan fingerprint density at radius 2 is 1.75 bits per heavy atom. The molecule has 1 rings (SSSR count). The zero-order valence-corrected chi connectivity index (χ0v) is 18.5. The quantitative estimate of drug-likeness (QED) is 0.286. The highest BCUT2D eigenvalue weighted by atomic mass is 127. The number of guanidine groups is 1. The number of hydrogen-bond acceptors (Lipinski definition) is 2. The lowest BCUT2D eigenvalue weighted by atomic mass is 10.1. The average molecular weight is 446 g/mol. The molecule has 5 heteroatoms. The third-order valence-corrected chi connectivity index (χ3v) is 4.22. The second kappa shape index (κ2) is 12.5. The molecular weight excluding hydrogens is 411 g/mol. The van der Waals surface area contributed by atoms with Gasteiger partial charge in [-0.25, -0.2) is 0 Å². The maximum absolute atomic E-state index is 4.38. The Bertz CT molecular complexity index is 471. The van der Waals surface area contributed by atoms with Crippen molar-refractivity contribution in [3.8, 4) is 0 Å². The van der Waals surface area contributed by atoms with E-state index in [1.807, 2.05) is 7.05 Å². The Morgan fingerprint density at radius 1 is 1.12 bits per heavy atom. The van der Waals surface area contributed by atoms with Crippen molar-refractivity contribution in [2.75, 3.05) is 34.2 Å². The maximum Gasteiger partial charge on any atom is 0.193 e. The number of aliphatic imine (C=N–C) groups is 1. The molecule has 0 heterocycles. The van der Waals surface area contributed by atoms with Gasteiger partial charge in [-0.3, -0.25) is 4.99 Å². The molecular formula is C19H35IN4. The van der Waals surface area contributed by atoms with Crippen LogP contribution in [0.4, 0.5) is 0 Å². The van der Waals surface area contributed by atoms with E-state index >= 15 is 0 Å². The third-order valence-electron chi connectivity index (χ3n) is 4.22. The van der Waals surface area contributed by atoms with Crippen LogP contribution in [0.25, 0.3) is 0 Å². The maximum atomic E-state index is 4.38. The van der Waals surface area contributed by atoms with E-state index in [-0.39, 0.29) is 24.0 Å². The second-order valence-electron chi connectivity index (χ2n) is 6.60. The van der Waals surface area contributed by atoms with Crippen molar-refractivity contribution >= 4 is 29.9 Å². The number of halogens is 1. The number of benzene rings is 1.